The van der Waals surface area contributed by atoms with Gasteiger partial charge in [0.2, 0.25) is 23.6 Å². The number of carbonyl (C=O) groups excluding carboxylic acids is 4. The van der Waals surface area contributed by atoms with Crippen LogP contribution in [0, 0.1) is 11.8 Å². The summed E-state index contributed by atoms with van der Waals surface area (Å²) >= 11 is 0. The second-order valence-electron chi connectivity index (χ2n) is 11.3. The molecule has 0 fully saturated rings. The van der Waals surface area contributed by atoms with Crippen LogP contribution in [0.25, 0.3) is 0 Å². The zero-order chi connectivity index (χ0) is 31.7. The van der Waals surface area contributed by atoms with E-state index >= 15 is 0 Å². The quantitative estimate of drug-likeness (QED) is 0.135. The average molecular weight is 591 g/mol. The van der Waals surface area contributed by atoms with Gasteiger partial charge in [0, 0.05) is 37.4 Å². The van der Waals surface area contributed by atoms with Crippen LogP contribution in [0.15, 0.2) is 24.3 Å². The molecule has 4 amide bonds. The molecule has 0 heterocycles. The zero-order valence-electron chi connectivity index (χ0n) is 25.7. The second kappa shape index (κ2) is 19.5. The van der Waals surface area contributed by atoms with E-state index in [4.69, 9.17) is 5.11 Å². The number of rotatable bonds is 20. The van der Waals surface area contributed by atoms with Gasteiger partial charge in [0.05, 0.1) is 0 Å². The van der Waals surface area contributed by atoms with Crippen molar-refractivity contribution in [1.82, 2.24) is 21.3 Å². The molecule has 4 atom stereocenters. The van der Waals surface area contributed by atoms with Gasteiger partial charge >= 0.3 is 5.97 Å². The van der Waals surface area contributed by atoms with E-state index in [1.807, 2.05) is 34.6 Å². The van der Waals surface area contributed by atoms with Gasteiger partial charge in [-0.25, -0.2) is 0 Å². The van der Waals surface area contributed by atoms with E-state index in [9.17, 15) is 29.1 Å². The standard InChI is InChI=1S/C31H50N4O7/c1-6-11-24(34-31(42)29(21(5)7-2)35-27(38)14-10-15-28(39)40)30(41)33-23(18-20(3)4)16-17-26(37)32-19-22-12-8-9-13-25(22)36/h8-9,12-13,20-21,23-24,29,36H,6-7,10-11,14-19H2,1-5H3,(H,32,37)(H,33,41)(H,34,42)(H,35,38)(H,39,40)/t21-,23+,24-,29-/m0/s1. The number of amides is 4. The van der Waals surface area contributed by atoms with Crippen molar-refractivity contribution in [2.75, 3.05) is 0 Å². The number of hydrogen-bond donors (Lipinski definition) is 6. The largest absolute Gasteiger partial charge is 0.508 e. The molecule has 11 heteroatoms. The third kappa shape index (κ3) is 14.3. The molecule has 0 radical (unpaired) electrons. The number of phenolic OH excluding ortho intramolecular Hbond substituents is 1. The van der Waals surface area contributed by atoms with E-state index in [1.165, 1.54) is 0 Å². The first-order valence-corrected chi connectivity index (χ1v) is 15.0. The number of nitrogens with one attached hydrogen (secondary N) is 4. The van der Waals surface area contributed by atoms with Gasteiger partial charge in [0.25, 0.3) is 0 Å². The lowest BCUT2D eigenvalue weighted by atomic mass is 9.96. The number of benzene rings is 1. The summed E-state index contributed by atoms with van der Waals surface area (Å²) in [6.07, 6.45) is 2.90. The predicted octanol–water partition coefficient (Wildman–Crippen LogP) is 3.39. The zero-order valence-corrected chi connectivity index (χ0v) is 25.7. The minimum absolute atomic E-state index is 0.0115. The Balaban J connectivity index is 2.82. The minimum Gasteiger partial charge on any atom is -0.508 e. The molecule has 0 aromatic heterocycles. The minimum atomic E-state index is -0.990. The van der Waals surface area contributed by atoms with Gasteiger partial charge in [0.1, 0.15) is 17.8 Å². The average Bonchev–Trinajstić information content (AvgIpc) is 2.92. The highest BCUT2D eigenvalue weighted by atomic mass is 16.4. The highest BCUT2D eigenvalue weighted by Crippen LogP contribution is 2.16. The van der Waals surface area contributed by atoms with E-state index in [0.717, 1.165) is 0 Å². The van der Waals surface area contributed by atoms with Crippen molar-refractivity contribution in [2.45, 2.75) is 117 Å². The van der Waals surface area contributed by atoms with Crippen LogP contribution in [0.2, 0.25) is 0 Å². The normalized spacial score (nSPS) is 13.9. The molecule has 0 aliphatic rings. The van der Waals surface area contributed by atoms with E-state index in [1.54, 1.807) is 24.3 Å². The summed E-state index contributed by atoms with van der Waals surface area (Å²) in [5, 5.41) is 30.1. The summed E-state index contributed by atoms with van der Waals surface area (Å²) in [4.78, 5) is 62.3. The maximum atomic E-state index is 13.3. The van der Waals surface area contributed by atoms with Crippen LogP contribution in [-0.4, -0.2) is 57.9 Å². The van der Waals surface area contributed by atoms with Crippen molar-refractivity contribution in [3.63, 3.8) is 0 Å². The van der Waals surface area contributed by atoms with Gasteiger partial charge in [-0.05, 0) is 43.6 Å². The summed E-state index contributed by atoms with van der Waals surface area (Å²) in [5.41, 5.74) is 0.614. The molecule has 236 valence electrons. The van der Waals surface area contributed by atoms with Crippen molar-refractivity contribution in [3.05, 3.63) is 29.8 Å². The fraction of sp³-hybridized carbons (Fsp3) is 0.645. The molecule has 0 aliphatic heterocycles. The molecule has 6 N–H and O–H groups in total. The number of para-hydroxylation sites is 1. The molecule has 0 aliphatic carbocycles. The number of aromatic hydroxyl groups is 1. The number of carboxylic acid groups (broad SMARTS) is 1. The lowest BCUT2D eigenvalue weighted by Gasteiger charge is -2.28. The Morgan fingerprint density at radius 2 is 1.52 bits per heavy atom. The molecule has 1 rings (SSSR count). The first-order valence-electron chi connectivity index (χ1n) is 15.0. The Hall–Kier alpha value is -3.63. The van der Waals surface area contributed by atoms with Crippen molar-refractivity contribution in [1.29, 1.82) is 0 Å². The van der Waals surface area contributed by atoms with Gasteiger partial charge < -0.3 is 31.5 Å². The first-order chi connectivity index (χ1) is 19.9. The van der Waals surface area contributed by atoms with Gasteiger partial charge in [-0.3, -0.25) is 24.0 Å². The fourth-order valence-corrected chi connectivity index (χ4v) is 4.53. The fourth-order valence-electron chi connectivity index (χ4n) is 4.53. The third-order valence-corrected chi connectivity index (χ3v) is 7.11. The molecule has 11 nitrogen and oxygen atoms in total. The number of carbonyl (C=O) groups is 5. The van der Waals surface area contributed by atoms with E-state index < -0.39 is 29.9 Å². The van der Waals surface area contributed by atoms with Crippen LogP contribution in [-0.2, 0) is 30.5 Å². The highest BCUT2D eigenvalue weighted by Gasteiger charge is 2.30. The summed E-state index contributed by atoms with van der Waals surface area (Å²) in [6.45, 7) is 9.89. The molecular formula is C31H50N4O7. The maximum absolute atomic E-state index is 13.3. The molecule has 0 unspecified atom stereocenters. The Morgan fingerprint density at radius 1 is 0.833 bits per heavy atom. The van der Waals surface area contributed by atoms with Gasteiger partial charge in [-0.2, -0.15) is 0 Å². The van der Waals surface area contributed by atoms with Crippen molar-refractivity contribution in [3.8, 4) is 5.75 Å². The summed E-state index contributed by atoms with van der Waals surface area (Å²) in [5.74, 6) is -2.25. The van der Waals surface area contributed by atoms with Crippen LogP contribution >= 0.6 is 0 Å². The molecule has 1 aromatic rings. The Labute approximate surface area is 249 Å². The molecule has 0 spiro atoms. The lowest BCUT2D eigenvalue weighted by molar-refractivity contribution is -0.137. The number of phenols is 1. The molecule has 1 aromatic carbocycles. The van der Waals surface area contributed by atoms with Crippen molar-refractivity contribution in [2.24, 2.45) is 11.8 Å². The van der Waals surface area contributed by atoms with Crippen molar-refractivity contribution < 1.29 is 34.2 Å². The lowest BCUT2D eigenvalue weighted by Crippen LogP contribution is -2.56. The molecule has 0 saturated heterocycles. The highest BCUT2D eigenvalue weighted by molar-refractivity contribution is 5.92. The topological polar surface area (TPSA) is 174 Å². The number of hydrogen-bond acceptors (Lipinski definition) is 6. The van der Waals surface area contributed by atoms with Gasteiger partial charge in [-0.15, -0.1) is 0 Å². The third-order valence-electron chi connectivity index (χ3n) is 7.11. The van der Waals surface area contributed by atoms with Crippen molar-refractivity contribution >= 4 is 29.6 Å². The van der Waals surface area contributed by atoms with Crippen LogP contribution in [0.1, 0.15) is 98.0 Å². The summed E-state index contributed by atoms with van der Waals surface area (Å²) in [7, 11) is 0. The van der Waals surface area contributed by atoms with E-state index in [0.29, 0.717) is 37.7 Å². The second-order valence-corrected chi connectivity index (χ2v) is 11.3. The smallest absolute Gasteiger partial charge is 0.303 e. The Morgan fingerprint density at radius 3 is 2.12 bits per heavy atom. The molecule has 42 heavy (non-hydrogen) atoms. The van der Waals surface area contributed by atoms with Crippen LogP contribution in [0.5, 0.6) is 5.75 Å². The van der Waals surface area contributed by atoms with Gasteiger partial charge in [0.15, 0.2) is 0 Å². The van der Waals surface area contributed by atoms with E-state index in [2.05, 4.69) is 21.3 Å². The van der Waals surface area contributed by atoms with Crippen LogP contribution < -0.4 is 21.3 Å². The van der Waals surface area contributed by atoms with Gasteiger partial charge in [-0.1, -0.05) is 65.7 Å². The molecular weight excluding hydrogens is 540 g/mol. The maximum Gasteiger partial charge on any atom is 0.303 e. The number of carboxylic acids is 1. The molecule has 0 saturated carbocycles. The molecule has 0 bridgehead atoms. The van der Waals surface area contributed by atoms with E-state index in [-0.39, 0.29) is 67.7 Å². The summed E-state index contributed by atoms with van der Waals surface area (Å²) in [6, 6.07) is 4.81. The predicted molar refractivity (Wildman–Crippen MR) is 160 cm³/mol. The first kappa shape index (κ1) is 36.4. The Bertz CT molecular complexity index is 1030. The monoisotopic (exact) mass is 590 g/mol. The summed E-state index contributed by atoms with van der Waals surface area (Å²) < 4.78 is 0. The number of aliphatic carboxylic acids is 1. The SMILES string of the molecule is CCC[C@H](NC(=O)[C@@H](NC(=O)CCCC(=O)O)[C@@H](C)CC)C(=O)N[C@H](CCC(=O)NCc1ccccc1O)CC(C)C. The Kier molecular flexibility index (Phi) is 16.9. The van der Waals surface area contributed by atoms with Crippen LogP contribution in [0.3, 0.4) is 0 Å². The van der Waals surface area contributed by atoms with Crippen LogP contribution in [0.4, 0.5) is 0 Å².